The van der Waals surface area contributed by atoms with Gasteiger partial charge in [-0.25, -0.2) is 4.79 Å². The number of carbonyl (C=O) groups is 1. The molecule has 1 rings (SSSR count). The fourth-order valence-corrected chi connectivity index (χ4v) is 1.32. The minimum atomic E-state index is -0.574. The molecule has 1 N–H and O–H groups in total. The minimum Gasteiger partial charge on any atom is -0.471 e. The minimum absolute atomic E-state index is 0.100. The van der Waals surface area contributed by atoms with E-state index >= 15 is 0 Å². The Labute approximate surface area is 113 Å². The zero-order chi connectivity index (χ0) is 14.6. The highest BCUT2D eigenvalue weighted by Crippen LogP contribution is 2.14. The fourth-order valence-electron chi connectivity index (χ4n) is 1.32. The van der Waals surface area contributed by atoms with Gasteiger partial charge >= 0.3 is 6.09 Å². The fraction of sp³-hybridized carbons (Fsp3) is 0.692. The van der Waals surface area contributed by atoms with E-state index in [0.29, 0.717) is 5.88 Å². The summed E-state index contributed by atoms with van der Waals surface area (Å²) in [7, 11) is 0. The third-order valence-electron chi connectivity index (χ3n) is 2.34. The molecule has 0 bridgehead atoms. The summed E-state index contributed by atoms with van der Waals surface area (Å²) in [5.74, 6) is 0.440. The van der Waals surface area contributed by atoms with Crippen molar-refractivity contribution < 1.29 is 19.4 Å². The van der Waals surface area contributed by atoms with Crippen molar-refractivity contribution in [3.8, 4) is 5.88 Å². The first-order valence-electron chi connectivity index (χ1n) is 6.29. The van der Waals surface area contributed by atoms with Gasteiger partial charge in [0, 0.05) is 12.3 Å². The lowest BCUT2D eigenvalue weighted by Crippen LogP contribution is -2.28. The smallest absolute Gasteiger partial charge is 0.435 e. The number of rotatable bonds is 4. The quantitative estimate of drug-likeness (QED) is 0.906. The van der Waals surface area contributed by atoms with Gasteiger partial charge in [0.05, 0.1) is 6.61 Å². The van der Waals surface area contributed by atoms with Crippen LogP contribution in [0.4, 0.5) is 4.79 Å². The van der Waals surface area contributed by atoms with Gasteiger partial charge in [-0.1, -0.05) is 13.8 Å². The van der Waals surface area contributed by atoms with E-state index in [-0.39, 0.29) is 18.6 Å². The molecule has 1 aromatic heterocycles. The molecule has 1 aromatic rings. The van der Waals surface area contributed by atoms with Crippen LogP contribution in [0, 0.1) is 5.92 Å². The third kappa shape index (κ3) is 4.90. The van der Waals surface area contributed by atoms with E-state index in [2.05, 4.69) is 5.10 Å². The Hall–Kier alpha value is -1.56. The Kier molecular flexibility index (Phi) is 4.94. The van der Waals surface area contributed by atoms with E-state index in [1.165, 1.54) is 6.20 Å². The van der Waals surface area contributed by atoms with Gasteiger partial charge in [0.1, 0.15) is 11.7 Å². The lowest BCUT2D eigenvalue weighted by atomic mass is 10.1. The van der Waals surface area contributed by atoms with Crippen molar-refractivity contribution >= 4 is 6.09 Å². The van der Waals surface area contributed by atoms with E-state index in [0.717, 1.165) is 4.68 Å². The second-order valence-corrected chi connectivity index (χ2v) is 5.66. The Bertz CT molecular complexity index is 421. The number of hydrogen-bond acceptors (Lipinski definition) is 5. The van der Waals surface area contributed by atoms with E-state index in [4.69, 9.17) is 9.47 Å². The molecule has 0 saturated carbocycles. The van der Waals surface area contributed by atoms with Crippen molar-refractivity contribution in [2.75, 3.05) is 6.61 Å². The molecule has 6 heteroatoms. The zero-order valence-electron chi connectivity index (χ0n) is 12.1. The molecule has 0 aliphatic carbocycles. The Morgan fingerprint density at radius 3 is 2.58 bits per heavy atom. The average Bonchev–Trinajstić information content (AvgIpc) is 2.71. The Morgan fingerprint density at radius 1 is 1.47 bits per heavy atom. The van der Waals surface area contributed by atoms with Gasteiger partial charge in [-0.05, 0) is 26.7 Å². The monoisotopic (exact) mass is 270 g/mol. The van der Waals surface area contributed by atoms with Crippen LogP contribution in [-0.2, 0) is 4.74 Å². The molecule has 0 radical (unpaired) electrons. The van der Waals surface area contributed by atoms with Gasteiger partial charge in [-0.3, -0.25) is 0 Å². The molecule has 0 fully saturated rings. The molecule has 6 nitrogen and oxygen atoms in total. The Balaban J connectivity index is 2.69. The lowest BCUT2D eigenvalue weighted by molar-refractivity contribution is 0.0499. The number of aliphatic hydroxyl groups excluding tert-OH is 1. The maximum atomic E-state index is 11.7. The number of carbonyl (C=O) groups excluding carboxylic acids is 1. The average molecular weight is 270 g/mol. The second kappa shape index (κ2) is 6.06. The second-order valence-electron chi connectivity index (χ2n) is 5.66. The summed E-state index contributed by atoms with van der Waals surface area (Å²) < 4.78 is 11.7. The van der Waals surface area contributed by atoms with Gasteiger partial charge in [0.2, 0.25) is 5.88 Å². The molecule has 0 spiro atoms. The predicted molar refractivity (Wildman–Crippen MR) is 70.2 cm³/mol. The summed E-state index contributed by atoms with van der Waals surface area (Å²) in [6, 6.07) is 1.56. The van der Waals surface area contributed by atoms with Crippen molar-refractivity contribution in [3.63, 3.8) is 0 Å². The number of aromatic nitrogens is 2. The largest absolute Gasteiger partial charge is 0.471 e. The van der Waals surface area contributed by atoms with Crippen LogP contribution in [0.5, 0.6) is 5.88 Å². The topological polar surface area (TPSA) is 73.6 Å². The molecule has 1 atom stereocenters. The number of nitrogens with zero attached hydrogens (tertiary/aromatic N) is 2. The third-order valence-corrected chi connectivity index (χ3v) is 2.34. The Morgan fingerprint density at radius 2 is 2.11 bits per heavy atom. The first-order chi connectivity index (χ1) is 8.73. The van der Waals surface area contributed by atoms with Crippen LogP contribution in [0.3, 0.4) is 0 Å². The summed E-state index contributed by atoms with van der Waals surface area (Å²) in [6.07, 6.45) is 0.562. The van der Waals surface area contributed by atoms with Gasteiger partial charge in [0.25, 0.3) is 0 Å². The standard InChI is InChI=1S/C13H22N2O4/c1-9(2)10(8-16)18-11-6-7-15(14-11)12(17)19-13(3,4)5/h6-7,9-10,16H,8H2,1-5H3. The van der Waals surface area contributed by atoms with Crippen molar-refractivity contribution in [1.29, 1.82) is 0 Å². The van der Waals surface area contributed by atoms with Gasteiger partial charge in [-0.2, -0.15) is 4.68 Å². The summed E-state index contributed by atoms with van der Waals surface area (Å²) in [5, 5.41) is 13.1. The highest BCUT2D eigenvalue weighted by Gasteiger charge is 2.20. The first kappa shape index (κ1) is 15.5. The molecule has 0 amide bonds. The predicted octanol–water partition coefficient (Wildman–Crippen LogP) is 2.06. The molecule has 108 valence electrons. The maximum absolute atomic E-state index is 11.7. The molecule has 0 aromatic carbocycles. The van der Waals surface area contributed by atoms with Gasteiger partial charge < -0.3 is 14.6 Å². The van der Waals surface area contributed by atoms with Crippen molar-refractivity contribution in [1.82, 2.24) is 9.78 Å². The van der Waals surface area contributed by atoms with Gasteiger partial charge in [0.15, 0.2) is 0 Å². The molecule has 19 heavy (non-hydrogen) atoms. The molecule has 0 aliphatic heterocycles. The van der Waals surface area contributed by atoms with Crippen molar-refractivity contribution in [2.24, 2.45) is 5.92 Å². The zero-order valence-corrected chi connectivity index (χ0v) is 12.1. The summed E-state index contributed by atoms with van der Waals surface area (Å²) in [6.45, 7) is 9.12. The van der Waals surface area contributed by atoms with Crippen LogP contribution in [0.2, 0.25) is 0 Å². The number of aliphatic hydroxyl groups is 1. The molecule has 0 saturated heterocycles. The van der Waals surface area contributed by atoms with Crippen LogP contribution in [0.1, 0.15) is 34.6 Å². The van der Waals surface area contributed by atoms with Crippen LogP contribution in [0.15, 0.2) is 12.3 Å². The van der Waals surface area contributed by atoms with Crippen molar-refractivity contribution in [2.45, 2.75) is 46.3 Å². The van der Waals surface area contributed by atoms with Crippen LogP contribution >= 0.6 is 0 Å². The maximum Gasteiger partial charge on any atom is 0.435 e. The van der Waals surface area contributed by atoms with E-state index in [1.807, 2.05) is 13.8 Å². The molecular weight excluding hydrogens is 248 g/mol. The van der Waals surface area contributed by atoms with E-state index in [9.17, 15) is 9.90 Å². The van der Waals surface area contributed by atoms with Crippen LogP contribution in [0.25, 0.3) is 0 Å². The summed E-state index contributed by atoms with van der Waals surface area (Å²) in [5.41, 5.74) is -0.574. The van der Waals surface area contributed by atoms with Crippen molar-refractivity contribution in [3.05, 3.63) is 12.3 Å². The molecule has 1 heterocycles. The normalized spacial score (nSPS) is 13.4. The molecular formula is C13H22N2O4. The molecule has 1 unspecified atom stereocenters. The molecule has 0 aliphatic rings. The van der Waals surface area contributed by atoms with E-state index in [1.54, 1.807) is 26.8 Å². The highest BCUT2D eigenvalue weighted by atomic mass is 16.6. The first-order valence-corrected chi connectivity index (χ1v) is 6.29. The summed E-state index contributed by atoms with van der Waals surface area (Å²) in [4.78, 5) is 11.7. The summed E-state index contributed by atoms with van der Waals surface area (Å²) >= 11 is 0. The number of ether oxygens (including phenoxy) is 2. The van der Waals surface area contributed by atoms with Gasteiger partial charge in [-0.15, -0.1) is 5.10 Å². The van der Waals surface area contributed by atoms with E-state index < -0.39 is 11.7 Å². The SMILES string of the molecule is CC(C)C(CO)Oc1ccn(C(=O)OC(C)(C)C)n1. The lowest BCUT2D eigenvalue weighted by Gasteiger charge is -2.19. The van der Waals surface area contributed by atoms with Crippen LogP contribution in [-0.4, -0.2) is 39.3 Å². The number of hydrogen-bond donors (Lipinski definition) is 1. The van der Waals surface area contributed by atoms with Crippen LogP contribution < -0.4 is 4.74 Å². The highest BCUT2D eigenvalue weighted by molar-refractivity contribution is 5.69.